The van der Waals surface area contributed by atoms with Crippen molar-refractivity contribution in [3.8, 4) is 5.75 Å². The topological polar surface area (TPSA) is 53.5 Å². The first-order valence-electron chi connectivity index (χ1n) is 7.95. The van der Waals surface area contributed by atoms with Crippen LogP contribution in [0.3, 0.4) is 0 Å². The van der Waals surface area contributed by atoms with Crippen LogP contribution in [0.15, 0.2) is 36.4 Å². The number of nitrogens with one attached hydrogen (secondary N) is 2. The van der Waals surface area contributed by atoms with E-state index in [-0.39, 0.29) is 30.9 Å². The van der Waals surface area contributed by atoms with Crippen LogP contribution < -0.4 is 15.4 Å². The van der Waals surface area contributed by atoms with E-state index in [1.165, 1.54) is 16.3 Å². The van der Waals surface area contributed by atoms with Gasteiger partial charge in [-0.05, 0) is 30.7 Å². The van der Waals surface area contributed by atoms with Gasteiger partial charge in [0.2, 0.25) is 0 Å². The minimum Gasteiger partial charge on any atom is -0.494 e. The Labute approximate surface area is 156 Å². The highest BCUT2D eigenvalue weighted by Crippen LogP contribution is 2.28. The van der Waals surface area contributed by atoms with Crippen LogP contribution in [0.2, 0.25) is 0 Å². The molecule has 0 aliphatic rings. The maximum atomic E-state index is 9.20. The van der Waals surface area contributed by atoms with Crippen molar-refractivity contribution >= 4 is 35.6 Å². The van der Waals surface area contributed by atoms with Crippen LogP contribution >= 0.6 is 24.8 Å². The summed E-state index contributed by atoms with van der Waals surface area (Å²) in [5.41, 5.74) is 1.20. The van der Waals surface area contributed by atoms with Crippen molar-refractivity contribution in [2.75, 3.05) is 26.2 Å². The van der Waals surface area contributed by atoms with Crippen LogP contribution in [0.1, 0.15) is 19.4 Å². The fourth-order valence-electron chi connectivity index (χ4n) is 2.49. The fraction of sp³-hybridized carbons (Fsp3) is 0.444. The molecule has 0 bridgehead atoms. The zero-order chi connectivity index (χ0) is 15.8. The number of aliphatic hydroxyl groups is 1. The smallest absolute Gasteiger partial charge is 0.124 e. The summed E-state index contributed by atoms with van der Waals surface area (Å²) < 4.78 is 5.77. The second-order valence-corrected chi connectivity index (χ2v) is 5.43. The first kappa shape index (κ1) is 23.0. The minimum absolute atomic E-state index is 0. The van der Waals surface area contributed by atoms with E-state index >= 15 is 0 Å². The molecule has 0 saturated carbocycles. The summed E-state index contributed by atoms with van der Waals surface area (Å²) in [6.45, 7) is 7.53. The van der Waals surface area contributed by atoms with Gasteiger partial charge in [-0.15, -0.1) is 24.8 Å². The number of rotatable bonds is 9. The van der Waals surface area contributed by atoms with Gasteiger partial charge in [0.05, 0.1) is 12.7 Å². The molecule has 0 radical (unpaired) electrons. The third-order valence-electron chi connectivity index (χ3n) is 3.52. The van der Waals surface area contributed by atoms with Gasteiger partial charge in [-0.1, -0.05) is 30.3 Å². The molecular weight excluding hydrogens is 347 g/mol. The third-order valence-corrected chi connectivity index (χ3v) is 3.52. The molecule has 4 nitrogen and oxygen atoms in total. The Hall–Kier alpha value is -1.04. The van der Waals surface area contributed by atoms with E-state index in [4.69, 9.17) is 4.74 Å². The van der Waals surface area contributed by atoms with Crippen molar-refractivity contribution in [1.29, 1.82) is 0 Å². The normalized spacial score (nSPS) is 11.5. The monoisotopic (exact) mass is 374 g/mol. The van der Waals surface area contributed by atoms with Crippen LogP contribution in [-0.2, 0) is 6.54 Å². The van der Waals surface area contributed by atoms with Gasteiger partial charge in [0.1, 0.15) is 5.75 Å². The molecule has 0 aromatic heterocycles. The van der Waals surface area contributed by atoms with Crippen LogP contribution in [0, 0.1) is 0 Å². The van der Waals surface area contributed by atoms with Gasteiger partial charge in [0.15, 0.2) is 0 Å². The Morgan fingerprint density at radius 2 is 1.75 bits per heavy atom. The molecule has 1 unspecified atom stereocenters. The lowest BCUT2D eigenvalue weighted by atomic mass is 10.0. The Morgan fingerprint density at radius 3 is 2.46 bits per heavy atom. The van der Waals surface area contributed by atoms with E-state index in [9.17, 15) is 5.11 Å². The summed E-state index contributed by atoms with van der Waals surface area (Å²) >= 11 is 0. The van der Waals surface area contributed by atoms with E-state index in [0.717, 1.165) is 25.4 Å². The van der Waals surface area contributed by atoms with E-state index in [2.05, 4.69) is 47.0 Å². The summed E-state index contributed by atoms with van der Waals surface area (Å²) in [6, 6.07) is 12.5. The standard InChI is InChI=1S/C18H26N2O2.2ClH/c1-3-22-18-9-8-15-6-4-5-7-16(15)17(18)13-20-11-10-19-12-14(2)21;;/h4-9,14,19-21H,3,10-13H2,1-2H3;2*1H. The van der Waals surface area contributed by atoms with E-state index in [1.54, 1.807) is 6.92 Å². The van der Waals surface area contributed by atoms with Crippen molar-refractivity contribution in [3.63, 3.8) is 0 Å². The summed E-state index contributed by atoms with van der Waals surface area (Å²) in [6.07, 6.45) is -0.303. The maximum Gasteiger partial charge on any atom is 0.124 e. The molecule has 24 heavy (non-hydrogen) atoms. The molecular formula is C18H28Cl2N2O2. The average molecular weight is 375 g/mol. The van der Waals surface area contributed by atoms with Gasteiger partial charge in [-0.2, -0.15) is 0 Å². The number of ether oxygens (including phenoxy) is 1. The average Bonchev–Trinajstić information content (AvgIpc) is 2.52. The van der Waals surface area contributed by atoms with E-state index in [0.29, 0.717) is 13.2 Å². The Bertz CT molecular complexity index is 594. The SMILES string of the molecule is CCOc1ccc2ccccc2c1CNCCNCC(C)O.Cl.Cl. The molecule has 0 aliphatic heterocycles. The Morgan fingerprint density at radius 1 is 1.04 bits per heavy atom. The molecule has 6 heteroatoms. The number of hydrogen-bond donors (Lipinski definition) is 3. The van der Waals surface area contributed by atoms with Crippen molar-refractivity contribution in [1.82, 2.24) is 10.6 Å². The molecule has 2 rings (SSSR count). The first-order valence-corrected chi connectivity index (χ1v) is 7.95. The predicted octanol–water partition coefficient (Wildman–Crippen LogP) is 3.14. The van der Waals surface area contributed by atoms with Crippen LogP contribution in [-0.4, -0.2) is 37.5 Å². The molecule has 2 aromatic carbocycles. The Kier molecular flexibility index (Phi) is 11.8. The minimum atomic E-state index is -0.303. The van der Waals surface area contributed by atoms with Gasteiger partial charge < -0.3 is 20.5 Å². The van der Waals surface area contributed by atoms with Crippen molar-refractivity contribution in [3.05, 3.63) is 42.0 Å². The van der Waals surface area contributed by atoms with Gasteiger partial charge in [-0.3, -0.25) is 0 Å². The molecule has 1 atom stereocenters. The quantitative estimate of drug-likeness (QED) is 0.590. The highest BCUT2D eigenvalue weighted by molar-refractivity contribution is 5.87. The Balaban J connectivity index is 0.00000264. The molecule has 0 fully saturated rings. The highest BCUT2D eigenvalue weighted by Gasteiger charge is 2.08. The van der Waals surface area contributed by atoms with Crippen molar-refractivity contribution < 1.29 is 9.84 Å². The summed E-state index contributed by atoms with van der Waals surface area (Å²) in [5, 5.41) is 18.3. The molecule has 0 aliphatic carbocycles. The van der Waals surface area contributed by atoms with Gasteiger partial charge in [0, 0.05) is 31.7 Å². The predicted molar refractivity (Wildman–Crippen MR) is 106 cm³/mol. The molecule has 136 valence electrons. The van der Waals surface area contributed by atoms with E-state index < -0.39 is 0 Å². The van der Waals surface area contributed by atoms with Crippen LogP contribution in [0.5, 0.6) is 5.75 Å². The number of aliphatic hydroxyl groups excluding tert-OH is 1. The summed E-state index contributed by atoms with van der Waals surface area (Å²) in [5.74, 6) is 0.950. The molecule has 2 aromatic rings. The third kappa shape index (κ3) is 6.83. The summed E-state index contributed by atoms with van der Waals surface area (Å²) in [4.78, 5) is 0. The molecule has 0 amide bonds. The number of fused-ring (bicyclic) bond motifs is 1. The molecule has 0 saturated heterocycles. The second-order valence-electron chi connectivity index (χ2n) is 5.43. The number of halogens is 2. The lowest BCUT2D eigenvalue weighted by molar-refractivity contribution is 0.191. The zero-order valence-electron chi connectivity index (χ0n) is 14.2. The largest absolute Gasteiger partial charge is 0.494 e. The molecule has 0 heterocycles. The van der Waals surface area contributed by atoms with Gasteiger partial charge in [-0.25, -0.2) is 0 Å². The van der Waals surface area contributed by atoms with Crippen molar-refractivity contribution in [2.24, 2.45) is 0 Å². The zero-order valence-corrected chi connectivity index (χ0v) is 15.9. The lowest BCUT2D eigenvalue weighted by Gasteiger charge is -2.14. The summed E-state index contributed by atoms with van der Waals surface area (Å²) in [7, 11) is 0. The molecule has 3 N–H and O–H groups in total. The van der Waals surface area contributed by atoms with Crippen LogP contribution in [0.25, 0.3) is 10.8 Å². The van der Waals surface area contributed by atoms with Crippen molar-refractivity contribution in [2.45, 2.75) is 26.5 Å². The second kappa shape index (κ2) is 12.3. The fourth-order valence-corrected chi connectivity index (χ4v) is 2.49. The number of hydrogen-bond acceptors (Lipinski definition) is 4. The first-order chi connectivity index (χ1) is 10.7. The highest BCUT2D eigenvalue weighted by atomic mass is 35.5. The molecule has 0 spiro atoms. The maximum absolute atomic E-state index is 9.20. The lowest BCUT2D eigenvalue weighted by Crippen LogP contribution is -2.31. The number of benzene rings is 2. The van der Waals surface area contributed by atoms with Gasteiger partial charge in [0.25, 0.3) is 0 Å². The van der Waals surface area contributed by atoms with E-state index in [1.807, 2.05) is 6.92 Å². The van der Waals surface area contributed by atoms with Gasteiger partial charge >= 0.3 is 0 Å². The van der Waals surface area contributed by atoms with Crippen LogP contribution in [0.4, 0.5) is 0 Å².